The lowest BCUT2D eigenvalue weighted by atomic mass is 10.0. The topological polar surface area (TPSA) is 66.5 Å². The first-order valence-electron chi connectivity index (χ1n) is 7.83. The number of benzene rings is 1. The Morgan fingerprint density at radius 1 is 1.09 bits per heavy atom. The molecule has 4 rings (SSSR count). The molecule has 0 saturated heterocycles. The van der Waals surface area contributed by atoms with Crippen molar-refractivity contribution >= 4 is 17.7 Å². The molecule has 1 aromatic rings. The van der Waals surface area contributed by atoms with Crippen LogP contribution in [0.15, 0.2) is 18.2 Å². The molecule has 1 N–H and O–H groups in total. The van der Waals surface area contributed by atoms with Crippen molar-refractivity contribution in [3.05, 3.63) is 34.9 Å². The van der Waals surface area contributed by atoms with Gasteiger partial charge in [0.2, 0.25) is 0 Å². The maximum Gasteiger partial charge on any atom is 0.261 e. The van der Waals surface area contributed by atoms with E-state index in [4.69, 9.17) is 0 Å². The number of carbonyl (C=O) groups excluding carboxylic acids is 3. The Morgan fingerprint density at radius 2 is 1.68 bits per heavy atom. The van der Waals surface area contributed by atoms with Crippen molar-refractivity contribution < 1.29 is 14.4 Å². The number of nitrogens with one attached hydrogen (secondary N) is 1. The number of hydrogen-bond acceptors (Lipinski definition) is 3. The lowest BCUT2D eigenvalue weighted by molar-refractivity contribution is 0.0693. The summed E-state index contributed by atoms with van der Waals surface area (Å²) in [6.07, 6.45) is 4.79. The largest absolute Gasteiger partial charge is 0.349 e. The first-order chi connectivity index (χ1) is 10.6. The average Bonchev–Trinajstić information content (AvgIpc) is 3.41. The maximum absolute atomic E-state index is 12.5. The third-order valence-corrected chi connectivity index (χ3v) is 4.91. The van der Waals surface area contributed by atoms with Gasteiger partial charge >= 0.3 is 0 Å². The molecule has 22 heavy (non-hydrogen) atoms. The van der Waals surface area contributed by atoms with E-state index >= 15 is 0 Å². The highest BCUT2D eigenvalue weighted by Gasteiger charge is 2.42. The Hall–Kier alpha value is -2.17. The van der Waals surface area contributed by atoms with E-state index in [0.717, 1.165) is 4.90 Å². The van der Waals surface area contributed by atoms with Gasteiger partial charge in [0.05, 0.1) is 11.1 Å². The zero-order valence-corrected chi connectivity index (χ0v) is 12.5. The van der Waals surface area contributed by atoms with Crippen LogP contribution in [-0.2, 0) is 0 Å². The van der Waals surface area contributed by atoms with Crippen molar-refractivity contribution in [3.63, 3.8) is 0 Å². The van der Waals surface area contributed by atoms with E-state index in [2.05, 4.69) is 5.32 Å². The monoisotopic (exact) mass is 298 g/mol. The van der Waals surface area contributed by atoms with Gasteiger partial charge in [-0.3, -0.25) is 19.3 Å². The molecule has 0 spiro atoms. The van der Waals surface area contributed by atoms with Crippen molar-refractivity contribution in [2.24, 2.45) is 11.8 Å². The van der Waals surface area contributed by atoms with Crippen LogP contribution in [0.5, 0.6) is 0 Å². The predicted octanol–water partition coefficient (Wildman–Crippen LogP) is 1.83. The molecule has 5 nitrogen and oxygen atoms in total. The van der Waals surface area contributed by atoms with Crippen LogP contribution >= 0.6 is 0 Å². The third kappa shape index (κ3) is 2.12. The number of nitrogens with zero attached hydrogens (tertiary/aromatic N) is 1. The Kier molecular flexibility index (Phi) is 2.86. The molecule has 114 valence electrons. The lowest BCUT2D eigenvalue weighted by Crippen LogP contribution is -2.38. The molecule has 5 heteroatoms. The summed E-state index contributed by atoms with van der Waals surface area (Å²) in [5.41, 5.74) is 1.17. The van der Waals surface area contributed by atoms with Crippen molar-refractivity contribution in [3.8, 4) is 0 Å². The van der Waals surface area contributed by atoms with Gasteiger partial charge in [-0.2, -0.15) is 0 Å². The quantitative estimate of drug-likeness (QED) is 0.862. The second-order valence-corrected chi connectivity index (χ2v) is 6.60. The summed E-state index contributed by atoms with van der Waals surface area (Å²) in [6.45, 7) is 0. The van der Waals surface area contributed by atoms with Gasteiger partial charge in [-0.1, -0.05) is 0 Å². The molecule has 0 aromatic heterocycles. The van der Waals surface area contributed by atoms with Crippen LogP contribution in [0.4, 0.5) is 0 Å². The Morgan fingerprint density at radius 3 is 2.27 bits per heavy atom. The predicted molar refractivity (Wildman–Crippen MR) is 79.6 cm³/mol. The zero-order valence-electron chi connectivity index (χ0n) is 12.5. The van der Waals surface area contributed by atoms with Crippen LogP contribution < -0.4 is 5.32 Å². The molecule has 3 aliphatic rings. The number of rotatable bonds is 4. The van der Waals surface area contributed by atoms with E-state index in [9.17, 15) is 14.4 Å². The second kappa shape index (κ2) is 4.66. The van der Waals surface area contributed by atoms with Crippen LogP contribution in [-0.4, -0.2) is 35.7 Å². The van der Waals surface area contributed by atoms with Gasteiger partial charge in [0.25, 0.3) is 17.7 Å². The van der Waals surface area contributed by atoms with Gasteiger partial charge < -0.3 is 5.32 Å². The molecule has 1 aromatic carbocycles. The van der Waals surface area contributed by atoms with E-state index in [1.54, 1.807) is 18.2 Å². The van der Waals surface area contributed by atoms with Crippen LogP contribution in [0.1, 0.15) is 56.8 Å². The highest BCUT2D eigenvalue weighted by molar-refractivity contribution is 6.21. The van der Waals surface area contributed by atoms with Crippen molar-refractivity contribution in [1.29, 1.82) is 0 Å². The summed E-state index contributed by atoms with van der Waals surface area (Å²) in [6, 6.07) is 5.04. The van der Waals surface area contributed by atoms with E-state index in [-0.39, 0.29) is 23.8 Å². The minimum atomic E-state index is -0.337. The van der Waals surface area contributed by atoms with Gasteiger partial charge in [0.1, 0.15) is 0 Å². The molecular weight excluding hydrogens is 280 g/mol. The van der Waals surface area contributed by atoms with Gasteiger partial charge in [-0.05, 0) is 55.7 Å². The number of carbonyl (C=O) groups is 3. The smallest absolute Gasteiger partial charge is 0.261 e. The fourth-order valence-electron chi connectivity index (χ4n) is 3.27. The van der Waals surface area contributed by atoms with E-state index in [1.165, 1.54) is 32.7 Å². The Labute approximate surface area is 128 Å². The molecule has 1 heterocycles. The van der Waals surface area contributed by atoms with Crippen LogP contribution in [0.3, 0.4) is 0 Å². The Bertz CT molecular complexity index is 677. The van der Waals surface area contributed by atoms with E-state index < -0.39 is 0 Å². The summed E-state index contributed by atoms with van der Waals surface area (Å²) in [7, 11) is 1.46. The van der Waals surface area contributed by atoms with E-state index in [0.29, 0.717) is 28.5 Å². The molecule has 2 fully saturated rings. The highest BCUT2D eigenvalue weighted by atomic mass is 16.2. The fourth-order valence-corrected chi connectivity index (χ4v) is 3.27. The summed E-state index contributed by atoms with van der Waals surface area (Å²) in [5.74, 6) is 0.471. The standard InChI is InChI=1S/C17H18N2O3/c1-19-16(21)12-7-6-11(8-13(12)17(19)22)15(20)18-14(9-2-3-9)10-4-5-10/h6-10,14H,2-5H2,1H3,(H,18,20). The Balaban J connectivity index is 1.57. The van der Waals surface area contributed by atoms with Crippen LogP contribution in [0.25, 0.3) is 0 Å². The SMILES string of the molecule is CN1C(=O)c2ccc(C(=O)NC(C3CC3)C3CC3)cc2C1=O. The molecule has 2 saturated carbocycles. The fraction of sp³-hybridized carbons (Fsp3) is 0.471. The van der Waals surface area contributed by atoms with Gasteiger partial charge in [-0.25, -0.2) is 0 Å². The number of imide groups is 1. The molecule has 2 aliphatic carbocycles. The zero-order chi connectivity index (χ0) is 15.4. The summed E-state index contributed by atoms with van der Waals surface area (Å²) in [4.78, 5) is 37.4. The van der Waals surface area contributed by atoms with Crippen molar-refractivity contribution in [2.75, 3.05) is 7.05 Å². The van der Waals surface area contributed by atoms with Gasteiger partial charge in [0, 0.05) is 18.7 Å². The van der Waals surface area contributed by atoms with Crippen LogP contribution in [0, 0.1) is 11.8 Å². The molecule has 3 amide bonds. The van der Waals surface area contributed by atoms with Crippen molar-refractivity contribution in [1.82, 2.24) is 10.2 Å². The second-order valence-electron chi connectivity index (χ2n) is 6.60. The normalized spacial score (nSPS) is 20.5. The molecule has 1 aliphatic heterocycles. The third-order valence-electron chi connectivity index (χ3n) is 4.91. The van der Waals surface area contributed by atoms with E-state index in [1.807, 2.05) is 0 Å². The average molecular weight is 298 g/mol. The summed E-state index contributed by atoms with van der Waals surface area (Å²) in [5, 5.41) is 3.14. The first kappa shape index (κ1) is 13.5. The van der Waals surface area contributed by atoms with Gasteiger partial charge in [0.15, 0.2) is 0 Å². The first-order valence-corrected chi connectivity index (χ1v) is 7.83. The molecule has 0 bridgehead atoms. The highest BCUT2D eigenvalue weighted by Crippen LogP contribution is 2.44. The summed E-state index contributed by atoms with van der Waals surface area (Å²) >= 11 is 0. The minimum Gasteiger partial charge on any atom is -0.349 e. The van der Waals surface area contributed by atoms with Crippen molar-refractivity contribution in [2.45, 2.75) is 31.7 Å². The van der Waals surface area contributed by atoms with Crippen LogP contribution in [0.2, 0.25) is 0 Å². The van der Waals surface area contributed by atoms with Gasteiger partial charge in [-0.15, -0.1) is 0 Å². The molecule has 0 atom stereocenters. The summed E-state index contributed by atoms with van der Waals surface area (Å²) < 4.78 is 0. The lowest BCUT2D eigenvalue weighted by Gasteiger charge is -2.17. The molecule has 0 unspecified atom stereocenters. The maximum atomic E-state index is 12.5. The number of amides is 3. The molecule has 0 radical (unpaired) electrons. The minimum absolute atomic E-state index is 0.138. The molecular formula is C17H18N2O3. The number of hydrogen-bond donors (Lipinski definition) is 1. The number of fused-ring (bicyclic) bond motifs is 1.